The molecule has 0 amide bonds. The third-order valence-electron chi connectivity index (χ3n) is 4.46. The van der Waals surface area contributed by atoms with Gasteiger partial charge in [0.25, 0.3) is 0 Å². The van der Waals surface area contributed by atoms with Crippen LogP contribution in [0.2, 0.25) is 0 Å². The van der Waals surface area contributed by atoms with Crippen molar-refractivity contribution < 1.29 is 10.0 Å². The van der Waals surface area contributed by atoms with Crippen LogP contribution in [-0.4, -0.2) is 23.9 Å². The van der Waals surface area contributed by atoms with Gasteiger partial charge in [-0.3, -0.25) is 0 Å². The molecule has 4 heteroatoms. The first-order valence-corrected chi connectivity index (χ1v) is 9.31. The lowest BCUT2D eigenvalue weighted by Crippen LogP contribution is -2.41. The van der Waals surface area contributed by atoms with Crippen molar-refractivity contribution in [1.29, 1.82) is 0 Å². The third-order valence-corrected chi connectivity index (χ3v) is 4.46. The van der Waals surface area contributed by atoms with Gasteiger partial charge >= 0.3 is 13.8 Å². The Morgan fingerprint density at radius 3 is 0.679 bits per heavy atom. The van der Waals surface area contributed by atoms with Gasteiger partial charge in [-0.25, -0.2) is 0 Å². The van der Waals surface area contributed by atoms with Crippen LogP contribution in [0, 0.1) is 0 Å². The summed E-state index contributed by atoms with van der Waals surface area (Å²) in [5.74, 6) is 0. The molecule has 0 aliphatic rings. The van der Waals surface area contributed by atoms with Crippen molar-refractivity contribution in [3.63, 3.8) is 0 Å². The number of benzene rings is 4. The molecule has 4 aromatic rings. The predicted molar refractivity (Wildman–Crippen MR) is 120 cm³/mol. The highest BCUT2D eigenvalue weighted by molar-refractivity contribution is 6.79. The van der Waals surface area contributed by atoms with E-state index >= 15 is 0 Å². The molecule has 0 saturated carbocycles. The van der Waals surface area contributed by atoms with Crippen molar-refractivity contribution in [3.05, 3.63) is 121 Å². The highest BCUT2D eigenvalue weighted by Gasteiger charge is 2.15. The van der Waals surface area contributed by atoms with Gasteiger partial charge < -0.3 is 10.0 Å². The minimum absolute atomic E-state index is 0.516. The zero-order valence-corrected chi connectivity index (χ0v) is 15.6. The maximum absolute atomic E-state index is 9.99. The summed E-state index contributed by atoms with van der Waals surface area (Å²) < 4.78 is 0. The Labute approximate surface area is 167 Å². The van der Waals surface area contributed by atoms with E-state index in [0.29, 0.717) is 0 Å². The zero-order chi connectivity index (χ0) is 19.6. The Kier molecular flexibility index (Phi) is 7.25. The molecule has 0 radical (unpaired) electrons. The average Bonchev–Trinajstić information content (AvgIpc) is 2.81. The Hall–Kier alpha value is -3.07. The van der Waals surface area contributed by atoms with Crippen LogP contribution in [0.15, 0.2) is 121 Å². The Bertz CT molecular complexity index is 773. The smallest absolute Gasteiger partial charge is 0.358 e. The quantitative estimate of drug-likeness (QED) is 0.540. The van der Waals surface area contributed by atoms with E-state index in [1.807, 2.05) is 121 Å². The topological polar surface area (TPSA) is 40.5 Å². The molecule has 0 spiro atoms. The fourth-order valence-corrected chi connectivity index (χ4v) is 2.93. The van der Waals surface area contributed by atoms with Gasteiger partial charge in [-0.05, 0) is 21.9 Å². The van der Waals surface area contributed by atoms with Crippen molar-refractivity contribution in [1.82, 2.24) is 0 Å². The first-order chi connectivity index (χ1) is 13.8. The molecule has 136 valence electrons. The van der Waals surface area contributed by atoms with Crippen LogP contribution in [0.5, 0.6) is 0 Å². The van der Waals surface area contributed by atoms with E-state index in [0.717, 1.165) is 21.9 Å². The van der Waals surface area contributed by atoms with Crippen molar-refractivity contribution in [2.24, 2.45) is 0 Å². The number of hydrogen-bond acceptors (Lipinski definition) is 2. The molecule has 0 atom stereocenters. The lowest BCUT2D eigenvalue weighted by Gasteiger charge is -2.05. The van der Waals surface area contributed by atoms with Gasteiger partial charge in [-0.15, -0.1) is 0 Å². The minimum Gasteiger partial charge on any atom is -0.443 e. The summed E-state index contributed by atoms with van der Waals surface area (Å²) in [5, 5.41) is 20.0. The maximum Gasteiger partial charge on any atom is 0.358 e. The van der Waals surface area contributed by atoms with Crippen molar-refractivity contribution in [2.75, 3.05) is 0 Å². The summed E-state index contributed by atoms with van der Waals surface area (Å²) in [4.78, 5) is 0. The van der Waals surface area contributed by atoms with Gasteiger partial charge in [0.15, 0.2) is 0 Å². The van der Waals surface area contributed by atoms with E-state index in [4.69, 9.17) is 0 Å². The largest absolute Gasteiger partial charge is 0.443 e. The van der Waals surface area contributed by atoms with E-state index in [-0.39, 0.29) is 0 Å². The van der Waals surface area contributed by atoms with Crippen LogP contribution in [0.3, 0.4) is 0 Å². The van der Waals surface area contributed by atoms with Crippen molar-refractivity contribution >= 4 is 35.7 Å². The monoisotopic (exact) mass is 364 g/mol. The highest BCUT2D eigenvalue weighted by Crippen LogP contribution is 1.90. The summed E-state index contributed by atoms with van der Waals surface area (Å²) in [7, 11) is 0. The molecule has 2 nitrogen and oxygen atoms in total. The van der Waals surface area contributed by atoms with E-state index in [2.05, 4.69) is 0 Å². The molecule has 0 saturated heterocycles. The van der Waals surface area contributed by atoms with Crippen LogP contribution in [-0.2, 0) is 0 Å². The lowest BCUT2D eigenvalue weighted by molar-refractivity contribution is 0.599. The summed E-state index contributed by atoms with van der Waals surface area (Å²) >= 11 is 0. The van der Waals surface area contributed by atoms with Gasteiger partial charge in [-0.1, -0.05) is 121 Å². The molecule has 4 aromatic carbocycles. The molecule has 28 heavy (non-hydrogen) atoms. The first kappa shape index (κ1) is 19.7. The molecular formula is C24H22B2O2. The first-order valence-electron chi connectivity index (χ1n) is 9.31. The van der Waals surface area contributed by atoms with Gasteiger partial charge in [0.05, 0.1) is 0 Å². The van der Waals surface area contributed by atoms with Crippen LogP contribution in [0.1, 0.15) is 0 Å². The molecule has 0 aliphatic heterocycles. The van der Waals surface area contributed by atoms with Crippen LogP contribution in [0.4, 0.5) is 0 Å². The van der Waals surface area contributed by atoms with Crippen LogP contribution < -0.4 is 21.9 Å². The fraction of sp³-hybridized carbons (Fsp3) is 0. The Balaban J connectivity index is 0.000000161. The van der Waals surface area contributed by atoms with E-state index in [1.54, 1.807) is 0 Å². The molecule has 4 rings (SSSR count). The van der Waals surface area contributed by atoms with E-state index in [1.165, 1.54) is 0 Å². The summed E-state index contributed by atoms with van der Waals surface area (Å²) in [5.41, 5.74) is 3.72. The van der Waals surface area contributed by atoms with Crippen molar-refractivity contribution in [3.8, 4) is 0 Å². The summed E-state index contributed by atoms with van der Waals surface area (Å²) in [6, 6.07) is 38.7. The predicted octanol–water partition coefficient (Wildman–Crippen LogP) is 1.57. The lowest BCUT2D eigenvalue weighted by atomic mass is 9.56. The zero-order valence-electron chi connectivity index (χ0n) is 15.6. The molecule has 0 aliphatic carbocycles. The second-order valence-corrected chi connectivity index (χ2v) is 6.45. The second-order valence-electron chi connectivity index (χ2n) is 6.45. The Morgan fingerprint density at radius 1 is 0.321 bits per heavy atom. The Morgan fingerprint density at radius 2 is 0.500 bits per heavy atom. The molecule has 0 bridgehead atoms. The normalized spacial score (nSPS) is 9.79. The van der Waals surface area contributed by atoms with Crippen LogP contribution >= 0.6 is 0 Å². The molecular weight excluding hydrogens is 342 g/mol. The molecule has 0 heterocycles. The number of rotatable bonds is 4. The van der Waals surface area contributed by atoms with Crippen LogP contribution in [0.25, 0.3) is 0 Å². The van der Waals surface area contributed by atoms with E-state index < -0.39 is 13.8 Å². The SMILES string of the molecule is OB(c1ccccc1)c1ccccc1.OB(c1ccccc1)c1ccccc1. The van der Waals surface area contributed by atoms with Gasteiger partial charge in [0.2, 0.25) is 0 Å². The summed E-state index contributed by atoms with van der Waals surface area (Å²) in [6.45, 7) is -1.03. The second kappa shape index (κ2) is 10.3. The minimum atomic E-state index is -0.516. The fourth-order valence-electron chi connectivity index (χ4n) is 2.93. The number of hydrogen-bond donors (Lipinski definition) is 2. The molecule has 0 fully saturated rings. The molecule has 0 aromatic heterocycles. The van der Waals surface area contributed by atoms with Gasteiger partial charge in [0.1, 0.15) is 0 Å². The summed E-state index contributed by atoms with van der Waals surface area (Å²) in [6.07, 6.45) is 0. The molecule has 0 unspecified atom stereocenters. The standard InChI is InChI=1S/2C12H11BO/c2*14-13(11-7-3-1-4-8-11)12-9-5-2-6-10-12/h2*1-10,14H. The van der Waals surface area contributed by atoms with Crippen molar-refractivity contribution in [2.45, 2.75) is 0 Å². The van der Waals surface area contributed by atoms with Gasteiger partial charge in [0, 0.05) is 0 Å². The third kappa shape index (κ3) is 5.46. The van der Waals surface area contributed by atoms with Gasteiger partial charge in [-0.2, -0.15) is 0 Å². The average molecular weight is 364 g/mol. The highest BCUT2D eigenvalue weighted by atomic mass is 16.2. The van der Waals surface area contributed by atoms with E-state index in [9.17, 15) is 10.0 Å². The maximum atomic E-state index is 9.99. The molecule has 2 N–H and O–H groups in total.